The van der Waals surface area contributed by atoms with Gasteiger partial charge in [-0.25, -0.2) is 9.97 Å². The van der Waals surface area contributed by atoms with Crippen molar-refractivity contribution in [1.29, 1.82) is 5.41 Å². The molecule has 3 aromatic rings. The maximum atomic E-state index is 11.6. The van der Waals surface area contributed by atoms with Crippen LogP contribution in [0.5, 0.6) is 0 Å². The normalized spacial score (nSPS) is 12.1. The summed E-state index contributed by atoms with van der Waals surface area (Å²) >= 11 is 2.85. The van der Waals surface area contributed by atoms with Crippen LogP contribution in [0, 0.1) is 5.41 Å². The lowest BCUT2D eigenvalue weighted by molar-refractivity contribution is 0.111. The topological polar surface area (TPSA) is 139 Å². The average Bonchev–Trinajstić information content (AvgIpc) is 3.30. The lowest BCUT2D eigenvalue weighted by Crippen LogP contribution is -2.12. The van der Waals surface area contributed by atoms with Crippen LogP contribution in [0.2, 0.25) is 0 Å². The predicted octanol–water partition coefficient (Wildman–Crippen LogP) is 1.99. The summed E-state index contributed by atoms with van der Waals surface area (Å²) in [5.41, 5.74) is 16.7. The number of nitrogens with zero attached hydrogens (tertiary/aromatic N) is 5. The molecule has 0 atom stereocenters. The number of hydrogen-bond donors (Lipinski definition) is 3. The molecule has 3 rings (SSSR count). The molecule has 0 spiro atoms. The zero-order valence-corrected chi connectivity index (χ0v) is 17.0. The van der Waals surface area contributed by atoms with Gasteiger partial charge in [-0.3, -0.25) is 9.80 Å². The van der Waals surface area contributed by atoms with Crippen LogP contribution >= 0.6 is 22.7 Å². The zero-order chi connectivity index (χ0) is 20.3. The molecule has 0 saturated heterocycles. The third-order valence-electron chi connectivity index (χ3n) is 4.05. The molecule has 0 fully saturated rings. The van der Waals surface area contributed by atoms with Crippen molar-refractivity contribution in [3.8, 4) is 0 Å². The Balaban J connectivity index is 1.91. The van der Waals surface area contributed by atoms with Gasteiger partial charge in [0.25, 0.3) is 0 Å². The number of anilines is 1. The van der Waals surface area contributed by atoms with E-state index in [-0.39, 0.29) is 0 Å². The summed E-state index contributed by atoms with van der Waals surface area (Å²) in [6.45, 7) is 0.469. The number of aldehydes is 1. The van der Waals surface area contributed by atoms with Crippen LogP contribution in [0.1, 0.15) is 26.8 Å². The molecule has 0 aliphatic rings. The van der Waals surface area contributed by atoms with Crippen LogP contribution in [0.4, 0.5) is 5.00 Å². The highest BCUT2D eigenvalue weighted by atomic mass is 32.1. The summed E-state index contributed by atoms with van der Waals surface area (Å²) in [6.07, 6.45) is 5.59. The van der Waals surface area contributed by atoms with E-state index in [4.69, 9.17) is 16.9 Å². The Morgan fingerprint density at radius 3 is 2.93 bits per heavy atom. The third kappa shape index (κ3) is 3.94. The van der Waals surface area contributed by atoms with Crippen molar-refractivity contribution in [2.45, 2.75) is 13.0 Å². The fraction of sp³-hybridized carbons (Fsp3) is 0.235. The number of rotatable bonds is 8. The number of nitrogen functional groups attached to an aromatic ring is 1. The first-order valence-corrected chi connectivity index (χ1v) is 9.95. The molecule has 0 aliphatic carbocycles. The number of thiazole rings is 2. The third-order valence-corrected chi connectivity index (χ3v) is 5.83. The van der Waals surface area contributed by atoms with Crippen molar-refractivity contribution < 1.29 is 4.79 Å². The fourth-order valence-corrected chi connectivity index (χ4v) is 4.36. The smallest absolute Gasteiger partial charge is 0.167 e. The van der Waals surface area contributed by atoms with Crippen LogP contribution in [-0.4, -0.2) is 45.3 Å². The first-order chi connectivity index (χ1) is 13.4. The SMILES string of the molecule is CN(Cc1ncsc1N)/N=C\c1c(C=O)n(C)c2nc(CC(N)=CC=N)sc12. The van der Waals surface area contributed by atoms with Gasteiger partial charge in [0, 0.05) is 38.0 Å². The number of aryl methyl sites for hydroxylation is 1. The van der Waals surface area contributed by atoms with Crippen LogP contribution in [0.3, 0.4) is 0 Å². The van der Waals surface area contributed by atoms with Gasteiger partial charge in [-0.1, -0.05) is 0 Å². The van der Waals surface area contributed by atoms with Crippen LogP contribution in [0.15, 0.2) is 22.4 Å². The van der Waals surface area contributed by atoms with E-state index in [1.807, 2.05) is 7.05 Å². The quantitative estimate of drug-likeness (QED) is 0.291. The summed E-state index contributed by atoms with van der Waals surface area (Å²) in [4.78, 5) is 20.4. The second-order valence-corrected chi connectivity index (χ2v) is 8.01. The van der Waals surface area contributed by atoms with E-state index in [1.165, 1.54) is 28.7 Å². The summed E-state index contributed by atoms with van der Waals surface area (Å²) in [5.74, 6) is 0. The number of nitrogens with one attached hydrogen (secondary N) is 1. The largest absolute Gasteiger partial charge is 0.402 e. The number of carbonyl (C=O) groups is 1. The van der Waals surface area contributed by atoms with Crippen molar-refractivity contribution >= 4 is 56.7 Å². The van der Waals surface area contributed by atoms with Gasteiger partial charge in [-0.2, -0.15) is 5.10 Å². The number of nitrogens with two attached hydrogens (primary N) is 2. The molecule has 0 aromatic carbocycles. The number of hydrazone groups is 1. The second kappa shape index (κ2) is 8.31. The lowest BCUT2D eigenvalue weighted by Gasteiger charge is -2.11. The van der Waals surface area contributed by atoms with E-state index < -0.39 is 0 Å². The summed E-state index contributed by atoms with van der Waals surface area (Å²) < 4.78 is 2.62. The lowest BCUT2D eigenvalue weighted by atomic mass is 10.3. The summed E-state index contributed by atoms with van der Waals surface area (Å²) in [5, 5.41) is 14.7. The molecule has 0 unspecified atom stereocenters. The highest BCUT2D eigenvalue weighted by molar-refractivity contribution is 7.19. The van der Waals surface area contributed by atoms with E-state index in [1.54, 1.807) is 28.3 Å². The zero-order valence-electron chi connectivity index (χ0n) is 15.4. The van der Waals surface area contributed by atoms with Crippen LogP contribution in [0.25, 0.3) is 10.3 Å². The van der Waals surface area contributed by atoms with Gasteiger partial charge in [-0.15, -0.1) is 22.7 Å². The summed E-state index contributed by atoms with van der Waals surface area (Å²) in [6, 6.07) is 0. The standard InChI is InChI=1S/C17H20N8OS2/c1-24(7-12-16(20)27-9-21-12)22-6-11-13(8-26)25(2)17-15(11)28-14(23-17)5-10(19)3-4-18/h3-4,6,8-9,18H,5,7,19-20H2,1-2H3/b10-3?,18-4?,22-6-. The summed E-state index contributed by atoms with van der Waals surface area (Å²) in [7, 11) is 3.61. The van der Waals surface area contributed by atoms with Crippen LogP contribution < -0.4 is 11.5 Å². The molecule has 0 aliphatic heterocycles. The second-order valence-electron chi connectivity index (χ2n) is 6.04. The molecule has 5 N–H and O–H groups in total. The van der Waals surface area contributed by atoms with E-state index in [2.05, 4.69) is 15.1 Å². The minimum atomic E-state index is 0.449. The van der Waals surface area contributed by atoms with Gasteiger partial charge in [0.1, 0.15) is 10.0 Å². The first kappa shape index (κ1) is 19.7. The van der Waals surface area contributed by atoms with E-state index in [0.29, 0.717) is 40.6 Å². The molecule has 28 heavy (non-hydrogen) atoms. The van der Waals surface area contributed by atoms with Gasteiger partial charge in [0.05, 0.1) is 34.4 Å². The minimum Gasteiger partial charge on any atom is -0.402 e. The van der Waals surface area contributed by atoms with Gasteiger partial charge in [0.2, 0.25) is 0 Å². The van der Waals surface area contributed by atoms with E-state index in [0.717, 1.165) is 27.9 Å². The molecular weight excluding hydrogens is 396 g/mol. The molecular formula is C17H20N8OS2. The van der Waals surface area contributed by atoms with Crippen molar-refractivity contribution in [2.75, 3.05) is 12.8 Å². The molecule has 0 radical (unpaired) electrons. The van der Waals surface area contributed by atoms with Crippen molar-refractivity contribution in [1.82, 2.24) is 19.5 Å². The Morgan fingerprint density at radius 2 is 2.29 bits per heavy atom. The highest BCUT2D eigenvalue weighted by Crippen LogP contribution is 2.30. The predicted molar refractivity (Wildman–Crippen MR) is 114 cm³/mol. The van der Waals surface area contributed by atoms with Gasteiger partial charge >= 0.3 is 0 Å². The average molecular weight is 417 g/mol. The van der Waals surface area contributed by atoms with E-state index >= 15 is 0 Å². The minimum absolute atomic E-state index is 0.449. The molecule has 3 heterocycles. The molecule has 0 bridgehead atoms. The van der Waals surface area contributed by atoms with Crippen LogP contribution in [-0.2, 0) is 20.0 Å². The number of hydrogen-bond acceptors (Lipinski definition) is 10. The number of fused-ring (bicyclic) bond motifs is 1. The van der Waals surface area contributed by atoms with Gasteiger partial charge in [0.15, 0.2) is 11.9 Å². The van der Waals surface area contributed by atoms with E-state index in [9.17, 15) is 4.79 Å². The van der Waals surface area contributed by atoms with Crippen molar-refractivity contribution in [3.05, 3.63) is 39.2 Å². The number of carbonyl (C=O) groups excluding carboxylic acids is 1. The molecule has 146 valence electrons. The van der Waals surface area contributed by atoms with Crippen molar-refractivity contribution in [2.24, 2.45) is 17.9 Å². The molecule has 0 amide bonds. The fourth-order valence-electron chi connectivity index (χ4n) is 2.66. The molecule has 3 aromatic heterocycles. The Morgan fingerprint density at radius 1 is 1.50 bits per heavy atom. The van der Waals surface area contributed by atoms with Gasteiger partial charge in [-0.05, 0) is 6.08 Å². The first-order valence-electron chi connectivity index (χ1n) is 8.25. The Hall–Kier alpha value is -3.05. The maximum Gasteiger partial charge on any atom is 0.167 e. The number of allylic oxidation sites excluding steroid dienone is 2. The highest BCUT2D eigenvalue weighted by Gasteiger charge is 2.18. The molecule has 11 heteroatoms. The molecule has 0 saturated carbocycles. The Labute approximate surface area is 169 Å². The van der Waals surface area contributed by atoms with Gasteiger partial charge < -0.3 is 21.4 Å². The maximum absolute atomic E-state index is 11.6. The molecule has 9 nitrogen and oxygen atoms in total. The van der Waals surface area contributed by atoms with Crippen molar-refractivity contribution in [3.63, 3.8) is 0 Å². The Kier molecular flexibility index (Phi) is 5.85. The monoisotopic (exact) mass is 416 g/mol. The number of aromatic nitrogens is 3. The Bertz CT molecular complexity index is 1070.